The largest absolute Gasteiger partial charge is 0.481 e. The van der Waals surface area contributed by atoms with E-state index in [0.717, 1.165) is 25.7 Å². The number of carboxylic acid groups (broad SMARTS) is 2. The average Bonchev–Trinajstić information content (AvgIpc) is 3.03. The molecule has 0 unspecified atom stereocenters. The molecule has 4 heteroatoms. The van der Waals surface area contributed by atoms with Crippen LogP contribution in [0, 0.1) is 39.9 Å². The van der Waals surface area contributed by atoms with Crippen molar-refractivity contribution < 1.29 is 19.8 Å². The highest BCUT2D eigenvalue weighted by Gasteiger charge is 2.63. The second-order valence-electron chi connectivity index (χ2n) is 12.4. The third-order valence-electron chi connectivity index (χ3n) is 10.7. The van der Waals surface area contributed by atoms with E-state index < -0.39 is 11.9 Å². The summed E-state index contributed by atoms with van der Waals surface area (Å²) in [6, 6.07) is 0. The quantitative estimate of drug-likeness (QED) is 0.268. The third-order valence-corrected chi connectivity index (χ3v) is 10.7. The number of hydrogen-bond donors (Lipinski definition) is 2. The molecule has 0 aromatic heterocycles. The van der Waals surface area contributed by atoms with Gasteiger partial charge in [0.25, 0.3) is 0 Å². The normalized spacial score (nSPS) is 38.5. The lowest BCUT2D eigenvalue weighted by Gasteiger charge is -2.60. The molecule has 0 bridgehead atoms. The molecule has 0 spiro atoms. The average molecular weight is 471 g/mol. The van der Waals surface area contributed by atoms with Crippen molar-refractivity contribution in [2.24, 2.45) is 39.9 Å². The zero-order chi connectivity index (χ0) is 25.5. The van der Waals surface area contributed by atoms with E-state index >= 15 is 0 Å². The number of aliphatic carboxylic acids is 2. The Morgan fingerprint density at radius 1 is 1.15 bits per heavy atom. The van der Waals surface area contributed by atoms with E-state index in [4.69, 9.17) is 5.11 Å². The van der Waals surface area contributed by atoms with Gasteiger partial charge in [0.05, 0.1) is 0 Å². The van der Waals surface area contributed by atoms with Crippen LogP contribution in [0.15, 0.2) is 35.5 Å². The molecule has 7 atom stereocenters. The minimum Gasteiger partial charge on any atom is -0.481 e. The molecule has 2 fully saturated rings. The Hall–Kier alpha value is -1.84. The molecule has 0 saturated heterocycles. The van der Waals surface area contributed by atoms with Gasteiger partial charge in [-0.3, -0.25) is 4.79 Å². The van der Waals surface area contributed by atoms with Gasteiger partial charge in [-0.25, -0.2) is 4.79 Å². The Bertz CT molecular complexity index is 897. The number of carboxylic acids is 2. The van der Waals surface area contributed by atoms with Crippen LogP contribution in [-0.2, 0) is 9.59 Å². The van der Waals surface area contributed by atoms with Gasteiger partial charge in [0.1, 0.15) is 0 Å². The molecule has 34 heavy (non-hydrogen) atoms. The summed E-state index contributed by atoms with van der Waals surface area (Å²) in [5.74, 6) is 0.491. The minimum atomic E-state index is -0.825. The smallest absolute Gasteiger partial charge is 0.330 e. The molecular weight excluding hydrogens is 424 g/mol. The van der Waals surface area contributed by atoms with Crippen LogP contribution in [0.25, 0.3) is 0 Å². The molecule has 0 radical (unpaired) electrons. The van der Waals surface area contributed by atoms with Crippen LogP contribution in [0.5, 0.6) is 0 Å². The second kappa shape index (κ2) is 9.66. The van der Waals surface area contributed by atoms with Gasteiger partial charge in [0, 0.05) is 12.0 Å². The molecule has 0 aliphatic heterocycles. The molecule has 3 aliphatic rings. The van der Waals surface area contributed by atoms with Crippen molar-refractivity contribution in [3.8, 4) is 0 Å². The monoisotopic (exact) mass is 470 g/mol. The van der Waals surface area contributed by atoms with Crippen LogP contribution in [0.4, 0.5) is 0 Å². The standard InChI is InChI=1S/C30H46O4/c1-19(2)22-11-12-25-24(28(22,5)16-15-26(31)32)14-18-29(6)23(13-17-30(25,29)7)20(3)9-8-10-21(4)27(33)34/h10,14,20,22-23,25H,1,8-9,11-13,15-18H2,2-7H3,(H,31,32)(H,33,34)/b21-10-/t20-,22-,23-,25-,28+,29-,30+/m1/s1. The van der Waals surface area contributed by atoms with Gasteiger partial charge in [0.2, 0.25) is 0 Å². The number of hydrogen-bond acceptors (Lipinski definition) is 2. The van der Waals surface area contributed by atoms with Crippen LogP contribution < -0.4 is 0 Å². The first-order valence-corrected chi connectivity index (χ1v) is 13.3. The lowest BCUT2D eigenvalue weighted by molar-refractivity contribution is -0.138. The van der Waals surface area contributed by atoms with E-state index in [0.29, 0.717) is 35.7 Å². The molecule has 3 aliphatic carbocycles. The predicted molar refractivity (Wildman–Crippen MR) is 137 cm³/mol. The van der Waals surface area contributed by atoms with E-state index in [9.17, 15) is 14.7 Å². The third kappa shape index (κ3) is 4.42. The summed E-state index contributed by atoms with van der Waals surface area (Å²) in [6.07, 6.45) is 12.9. The fraction of sp³-hybridized carbons (Fsp3) is 0.733. The summed E-state index contributed by atoms with van der Waals surface area (Å²) >= 11 is 0. The van der Waals surface area contributed by atoms with Crippen LogP contribution in [0.2, 0.25) is 0 Å². The van der Waals surface area contributed by atoms with E-state index in [2.05, 4.69) is 47.3 Å². The van der Waals surface area contributed by atoms with Gasteiger partial charge in [-0.1, -0.05) is 57.6 Å². The molecule has 3 rings (SSSR count). The summed E-state index contributed by atoms with van der Waals surface area (Å²) in [5, 5.41) is 18.6. The highest BCUT2D eigenvalue weighted by molar-refractivity contribution is 5.85. The van der Waals surface area contributed by atoms with Gasteiger partial charge < -0.3 is 10.2 Å². The molecular formula is C30H46O4. The lowest BCUT2D eigenvalue weighted by atomic mass is 9.44. The topological polar surface area (TPSA) is 74.6 Å². The summed E-state index contributed by atoms with van der Waals surface area (Å²) in [6.45, 7) is 17.8. The predicted octanol–water partition coefficient (Wildman–Crippen LogP) is 7.66. The van der Waals surface area contributed by atoms with Gasteiger partial charge in [0.15, 0.2) is 0 Å². The van der Waals surface area contributed by atoms with Crippen LogP contribution in [0.3, 0.4) is 0 Å². The van der Waals surface area contributed by atoms with Crippen LogP contribution >= 0.6 is 0 Å². The SMILES string of the molecule is C=C(C)[C@H]1CC[C@@H]2C(=CC[C@]3(C)[C@@H]([C@H](C)CC/C=C(/C)C(=O)O)CC[C@@]23C)[C@@]1(C)CCC(=O)O. The lowest BCUT2D eigenvalue weighted by Crippen LogP contribution is -2.52. The van der Waals surface area contributed by atoms with Crippen molar-refractivity contribution in [2.75, 3.05) is 0 Å². The molecule has 0 heterocycles. The molecule has 0 aromatic carbocycles. The highest BCUT2D eigenvalue weighted by Crippen LogP contribution is 2.71. The van der Waals surface area contributed by atoms with Crippen molar-refractivity contribution in [2.45, 2.75) is 99.3 Å². The minimum absolute atomic E-state index is 0.125. The van der Waals surface area contributed by atoms with Crippen molar-refractivity contribution >= 4 is 11.9 Å². The second-order valence-corrected chi connectivity index (χ2v) is 12.4. The van der Waals surface area contributed by atoms with Crippen molar-refractivity contribution in [1.29, 1.82) is 0 Å². The zero-order valence-electron chi connectivity index (χ0n) is 22.2. The Kier molecular flexibility index (Phi) is 7.60. The van der Waals surface area contributed by atoms with Gasteiger partial charge in [-0.15, -0.1) is 0 Å². The van der Waals surface area contributed by atoms with Gasteiger partial charge >= 0.3 is 11.9 Å². The Labute approximate surface area is 206 Å². The fourth-order valence-electron chi connectivity index (χ4n) is 8.44. The Morgan fingerprint density at radius 3 is 2.41 bits per heavy atom. The van der Waals surface area contributed by atoms with Crippen molar-refractivity contribution in [1.82, 2.24) is 0 Å². The summed E-state index contributed by atoms with van der Waals surface area (Å²) < 4.78 is 0. The Balaban J connectivity index is 1.89. The molecule has 2 saturated carbocycles. The maximum Gasteiger partial charge on any atom is 0.330 e. The van der Waals surface area contributed by atoms with E-state index in [-0.39, 0.29) is 22.7 Å². The number of allylic oxidation sites excluding steroid dienone is 4. The maximum absolute atomic E-state index is 11.5. The van der Waals surface area contributed by atoms with Crippen molar-refractivity contribution in [3.63, 3.8) is 0 Å². The van der Waals surface area contributed by atoms with E-state index in [1.165, 1.54) is 30.4 Å². The number of fused-ring (bicyclic) bond motifs is 3. The van der Waals surface area contributed by atoms with Crippen molar-refractivity contribution in [3.05, 3.63) is 35.5 Å². The van der Waals surface area contributed by atoms with E-state index in [1.54, 1.807) is 6.92 Å². The van der Waals surface area contributed by atoms with Crippen LogP contribution in [0.1, 0.15) is 99.3 Å². The first-order valence-electron chi connectivity index (χ1n) is 13.3. The molecule has 0 aromatic rings. The molecule has 190 valence electrons. The first-order chi connectivity index (χ1) is 15.8. The fourth-order valence-corrected chi connectivity index (χ4v) is 8.44. The maximum atomic E-state index is 11.5. The summed E-state index contributed by atoms with van der Waals surface area (Å²) in [7, 11) is 0. The molecule has 4 nitrogen and oxygen atoms in total. The van der Waals surface area contributed by atoms with E-state index in [1.807, 2.05) is 6.08 Å². The Morgan fingerprint density at radius 2 is 1.82 bits per heavy atom. The van der Waals surface area contributed by atoms with Crippen LogP contribution in [-0.4, -0.2) is 22.2 Å². The molecule has 2 N–H and O–H groups in total. The van der Waals surface area contributed by atoms with Gasteiger partial charge in [-0.2, -0.15) is 0 Å². The number of carbonyl (C=O) groups is 2. The highest BCUT2D eigenvalue weighted by atomic mass is 16.4. The summed E-state index contributed by atoms with van der Waals surface area (Å²) in [4.78, 5) is 22.7. The number of rotatable bonds is 9. The first kappa shape index (κ1) is 26.8. The van der Waals surface area contributed by atoms with Gasteiger partial charge in [-0.05, 0) is 105 Å². The molecule has 0 amide bonds. The summed E-state index contributed by atoms with van der Waals surface area (Å²) in [5.41, 5.74) is 3.45. The zero-order valence-corrected chi connectivity index (χ0v) is 22.2.